The maximum atomic E-state index is 12.8. The third kappa shape index (κ3) is 2.43. The maximum Gasteiger partial charge on any atom is 0.260 e. The second-order valence-corrected chi connectivity index (χ2v) is 6.39. The molecule has 17 heavy (non-hydrogen) atoms. The van der Waals surface area contributed by atoms with Gasteiger partial charge in [-0.05, 0) is 24.3 Å². The number of rotatable bonds is 3. The molecule has 0 radical (unpaired) electrons. The van der Waals surface area contributed by atoms with Crippen molar-refractivity contribution in [3.8, 4) is 0 Å². The smallest absolute Gasteiger partial charge is 0.260 e. The van der Waals surface area contributed by atoms with E-state index >= 15 is 0 Å². The minimum Gasteiger partial charge on any atom is -0.287 e. The monoisotopic (exact) mass is 263 g/mol. The Labute approximate surface area is 103 Å². The van der Waals surface area contributed by atoms with Crippen LogP contribution in [0.4, 0.5) is 0 Å². The van der Waals surface area contributed by atoms with Crippen molar-refractivity contribution >= 4 is 29.4 Å². The van der Waals surface area contributed by atoms with Gasteiger partial charge in [0, 0.05) is 10.6 Å². The fourth-order valence-corrected chi connectivity index (χ4v) is 4.13. The summed E-state index contributed by atoms with van der Waals surface area (Å²) in [6, 6.07) is 17.7. The molecule has 0 fully saturated rings. The zero-order valence-corrected chi connectivity index (χ0v) is 10.6. The molecule has 0 amide bonds. The van der Waals surface area contributed by atoms with E-state index in [0.29, 0.717) is 10.6 Å². The van der Waals surface area contributed by atoms with Crippen molar-refractivity contribution in [2.45, 2.75) is 0 Å². The highest BCUT2D eigenvalue weighted by atomic mass is 32.1. The molecule has 0 aliphatic carbocycles. The molecule has 0 bridgehead atoms. The van der Waals surface area contributed by atoms with Crippen molar-refractivity contribution in [1.29, 1.82) is 0 Å². The van der Waals surface area contributed by atoms with Gasteiger partial charge in [0.25, 0.3) is 7.29 Å². The Kier molecular flexibility index (Phi) is 3.67. The van der Waals surface area contributed by atoms with Crippen molar-refractivity contribution in [2.75, 3.05) is 0 Å². The van der Waals surface area contributed by atoms with Gasteiger partial charge in [0.1, 0.15) is 0 Å². The average molecular weight is 263 g/mol. The fourth-order valence-electron chi connectivity index (χ4n) is 1.55. The quantitative estimate of drug-likeness (QED) is 0.798. The topological polar surface area (TPSA) is 46.5 Å². The predicted octanol–water partition coefficient (Wildman–Crippen LogP) is 2.31. The SMILES string of the molecule is O=S=NP(=O)(c1ccccc1)c1ccccc1. The van der Waals surface area contributed by atoms with Gasteiger partial charge < -0.3 is 0 Å². The molecule has 2 aromatic carbocycles. The van der Waals surface area contributed by atoms with Gasteiger partial charge in [-0.3, -0.25) is 4.57 Å². The summed E-state index contributed by atoms with van der Waals surface area (Å²) in [5, 5.41) is 1.16. The van der Waals surface area contributed by atoms with Crippen LogP contribution in [-0.2, 0) is 16.0 Å². The van der Waals surface area contributed by atoms with Crippen LogP contribution in [0, 0.1) is 0 Å². The summed E-state index contributed by atoms with van der Waals surface area (Å²) in [7, 11) is -3.15. The molecular weight excluding hydrogens is 253 g/mol. The molecule has 0 atom stereocenters. The van der Waals surface area contributed by atoms with E-state index in [2.05, 4.69) is 4.13 Å². The summed E-state index contributed by atoms with van der Waals surface area (Å²) in [4.78, 5) is 0. The number of benzene rings is 2. The van der Waals surface area contributed by atoms with E-state index in [-0.39, 0.29) is 11.5 Å². The highest BCUT2D eigenvalue weighted by Crippen LogP contribution is 2.44. The largest absolute Gasteiger partial charge is 0.287 e. The molecule has 2 rings (SSSR count). The molecule has 0 spiro atoms. The second-order valence-electron chi connectivity index (χ2n) is 3.40. The molecule has 0 heterocycles. The Hall–Kier alpha value is -1.51. The average Bonchev–Trinajstić information content (AvgIpc) is 2.41. The first-order chi connectivity index (χ1) is 8.27. The summed E-state index contributed by atoms with van der Waals surface area (Å²) in [6.45, 7) is 0. The minimum absolute atomic E-state index is 0.0101. The van der Waals surface area contributed by atoms with Crippen molar-refractivity contribution in [3.63, 3.8) is 0 Å². The number of hydrogen-bond donors (Lipinski definition) is 0. The summed E-state index contributed by atoms with van der Waals surface area (Å²) >= 11 is 0.0101. The van der Waals surface area contributed by atoms with Gasteiger partial charge in [-0.1, -0.05) is 36.4 Å². The van der Waals surface area contributed by atoms with Gasteiger partial charge in [0.15, 0.2) is 0 Å². The van der Waals surface area contributed by atoms with E-state index < -0.39 is 7.29 Å². The molecule has 0 saturated heterocycles. The van der Waals surface area contributed by atoms with E-state index in [9.17, 15) is 8.77 Å². The Bertz CT molecular complexity index is 551. The zero-order valence-electron chi connectivity index (χ0n) is 8.89. The van der Waals surface area contributed by atoms with Gasteiger partial charge in [-0.15, -0.1) is 4.13 Å². The highest BCUT2D eigenvalue weighted by Gasteiger charge is 2.26. The Morgan fingerprint density at radius 1 is 0.824 bits per heavy atom. The van der Waals surface area contributed by atoms with E-state index in [0.717, 1.165) is 0 Å². The standard InChI is InChI=1S/C12H10NO2PS/c14-16(13-17-15,11-7-3-1-4-8-11)12-9-5-2-6-10-12/h1-10H. The Morgan fingerprint density at radius 3 is 1.59 bits per heavy atom. The van der Waals surface area contributed by atoms with Crippen LogP contribution < -0.4 is 10.6 Å². The number of hydrogen-bond acceptors (Lipinski definition) is 2. The van der Waals surface area contributed by atoms with E-state index in [1.807, 2.05) is 12.1 Å². The lowest BCUT2D eigenvalue weighted by Gasteiger charge is -2.11. The van der Waals surface area contributed by atoms with E-state index in [4.69, 9.17) is 0 Å². The molecule has 0 aliphatic heterocycles. The Balaban J connectivity index is 2.64. The lowest BCUT2D eigenvalue weighted by atomic mass is 10.4. The van der Waals surface area contributed by atoms with Crippen LogP contribution >= 0.6 is 7.29 Å². The first-order valence-corrected chi connectivity index (χ1v) is 7.36. The van der Waals surface area contributed by atoms with Crippen LogP contribution in [0.5, 0.6) is 0 Å². The number of nitrogens with zero attached hydrogens (tertiary/aromatic N) is 1. The summed E-state index contributed by atoms with van der Waals surface area (Å²) in [5.74, 6) is 0. The lowest BCUT2D eigenvalue weighted by molar-refractivity contribution is 0.588. The van der Waals surface area contributed by atoms with E-state index in [1.165, 1.54) is 0 Å². The molecule has 0 aliphatic rings. The van der Waals surface area contributed by atoms with Gasteiger partial charge in [-0.25, -0.2) is 0 Å². The zero-order chi connectivity index (χ0) is 12.1. The molecule has 0 aromatic heterocycles. The molecule has 86 valence electrons. The van der Waals surface area contributed by atoms with Crippen LogP contribution in [0.3, 0.4) is 0 Å². The first kappa shape index (κ1) is 12.0. The molecule has 0 unspecified atom stereocenters. The van der Waals surface area contributed by atoms with Gasteiger partial charge in [-0.2, -0.15) is 4.21 Å². The molecule has 0 saturated carbocycles. The van der Waals surface area contributed by atoms with Gasteiger partial charge >= 0.3 is 0 Å². The van der Waals surface area contributed by atoms with Crippen molar-refractivity contribution in [3.05, 3.63) is 60.7 Å². The molecule has 5 heteroatoms. The van der Waals surface area contributed by atoms with Crippen LogP contribution in [0.2, 0.25) is 0 Å². The highest BCUT2D eigenvalue weighted by molar-refractivity contribution is 7.82. The van der Waals surface area contributed by atoms with Crippen LogP contribution in [0.15, 0.2) is 64.8 Å². The minimum atomic E-state index is -3.15. The Morgan fingerprint density at radius 2 is 1.24 bits per heavy atom. The predicted molar refractivity (Wildman–Crippen MR) is 70.3 cm³/mol. The molecule has 0 N–H and O–H groups in total. The van der Waals surface area contributed by atoms with Gasteiger partial charge in [0.2, 0.25) is 11.5 Å². The fraction of sp³-hybridized carbons (Fsp3) is 0. The third-order valence-electron chi connectivity index (χ3n) is 2.36. The van der Waals surface area contributed by atoms with E-state index in [1.54, 1.807) is 48.5 Å². The third-order valence-corrected chi connectivity index (χ3v) is 5.54. The molecule has 2 aromatic rings. The van der Waals surface area contributed by atoms with Crippen LogP contribution in [0.25, 0.3) is 0 Å². The summed E-state index contributed by atoms with van der Waals surface area (Å²) in [6.07, 6.45) is 0. The van der Waals surface area contributed by atoms with Crippen LogP contribution in [0.1, 0.15) is 0 Å². The molecule has 3 nitrogen and oxygen atoms in total. The van der Waals surface area contributed by atoms with Crippen LogP contribution in [-0.4, -0.2) is 4.21 Å². The van der Waals surface area contributed by atoms with Crippen molar-refractivity contribution in [1.82, 2.24) is 0 Å². The normalized spacial score (nSPS) is 10.8. The maximum absolute atomic E-state index is 12.8. The first-order valence-electron chi connectivity index (χ1n) is 5.00. The molecular formula is C12H10NO2PS. The summed E-state index contributed by atoms with van der Waals surface area (Å²) < 4.78 is 27.2. The van der Waals surface area contributed by atoms with Crippen molar-refractivity contribution < 1.29 is 8.77 Å². The van der Waals surface area contributed by atoms with Gasteiger partial charge in [0.05, 0.1) is 0 Å². The van der Waals surface area contributed by atoms with Crippen molar-refractivity contribution in [2.24, 2.45) is 4.13 Å². The second kappa shape index (κ2) is 5.21. The summed E-state index contributed by atoms with van der Waals surface area (Å²) in [5.41, 5.74) is 0. The lowest BCUT2D eigenvalue weighted by Crippen LogP contribution is -2.13.